The molecule has 1 heterocycles. The number of aliphatic carboxylic acids is 1. The molecule has 0 bridgehead atoms. The number of nitrogens with one attached hydrogen (secondary N) is 5. The Labute approximate surface area is 332 Å². The lowest BCUT2D eigenvalue weighted by Gasteiger charge is -2.30. The first-order chi connectivity index (χ1) is 26.8. The lowest BCUT2D eigenvalue weighted by Crippen LogP contribution is -2.60. The molecule has 0 aliphatic carbocycles. The maximum Gasteiger partial charge on any atom is 0.326 e. The molecule has 1 rings (SSSR count). The molecule has 0 unspecified atom stereocenters. The summed E-state index contributed by atoms with van der Waals surface area (Å²) >= 11 is 0. The summed E-state index contributed by atoms with van der Waals surface area (Å²) in [7, 11) is 0. The molecule has 23 nitrogen and oxygen atoms in total. The molecule has 19 N–H and O–H groups in total. The van der Waals surface area contributed by atoms with Gasteiger partial charge in [-0.05, 0) is 77.2 Å². The van der Waals surface area contributed by atoms with Crippen molar-refractivity contribution in [1.29, 1.82) is 0 Å². The minimum absolute atomic E-state index is 0.00528. The number of aliphatic hydroxyl groups is 1. The first-order valence-electron chi connectivity index (χ1n) is 19.1. The van der Waals surface area contributed by atoms with Crippen LogP contribution in [0.5, 0.6) is 0 Å². The average molecular weight is 813 g/mol. The summed E-state index contributed by atoms with van der Waals surface area (Å²) in [5, 5.41) is 32.6. The number of nitrogens with two attached hydrogens (primary N) is 6. The van der Waals surface area contributed by atoms with E-state index in [0.717, 1.165) is 0 Å². The first-order valence-corrected chi connectivity index (χ1v) is 19.1. The van der Waals surface area contributed by atoms with E-state index in [1.165, 1.54) is 11.8 Å². The van der Waals surface area contributed by atoms with Gasteiger partial charge < -0.3 is 76.1 Å². The topological polar surface area (TPSA) is 404 Å². The van der Waals surface area contributed by atoms with E-state index >= 15 is 0 Å². The van der Waals surface area contributed by atoms with Crippen molar-refractivity contribution in [2.24, 2.45) is 50.3 Å². The lowest BCUT2D eigenvalue weighted by atomic mass is 10.0. The molecular weight excluding hydrogens is 748 g/mol. The van der Waals surface area contributed by atoms with Crippen LogP contribution in [0, 0.1) is 5.92 Å². The van der Waals surface area contributed by atoms with Crippen LogP contribution in [0.4, 0.5) is 0 Å². The fourth-order valence-electron chi connectivity index (χ4n) is 5.88. The second-order valence-corrected chi connectivity index (χ2v) is 14.2. The number of guanidine groups is 2. The molecule has 7 atom stereocenters. The highest BCUT2D eigenvalue weighted by Crippen LogP contribution is 2.20. The molecule has 1 aliphatic rings. The Balaban J connectivity index is 3.22. The van der Waals surface area contributed by atoms with Gasteiger partial charge in [0, 0.05) is 19.6 Å². The quantitative estimate of drug-likeness (QED) is 0.0220. The number of unbranched alkanes of at least 4 members (excludes halogenated alkanes) is 1. The Hall–Kier alpha value is -5.29. The number of carboxylic acid groups (broad SMARTS) is 1. The molecule has 6 amide bonds. The molecular formula is C34H64N14O9. The Morgan fingerprint density at radius 3 is 1.70 bits per heavy atom. The van der Waals surface area contributed by atoms with Gasteiger partial charge in [-0.25, -0.2) is 4.79 Å². The van der Waals surface area contributed by atoms with Crippen LogP contribution in [0.15, 0.2) is 9.98 Å². The van der Waals surface area contributed by atoms with Crippen molar-refractivity contribution in [2.45, 2.75) is 121 Å². The zero-order valence-corrected chi connectivity index (χ0v) is 33.1. The first kappa shape index (κ1) is 49.7. The van der Waals surface area contributed by atoms with Gasteiger partial charge in [0.05, 0.1) is 12.6 Å². The van der Waals surface area contributed by atoms with Crippen LogP contribution < -0.4 is 61.0 Å². The van der Waals surface area contributed by atoms with Crippen molar-refractivity contribution in [3.63, 3.8) is 0 Å². The molecule has 0 radical (unpaired) electrons. The van der Waals surface area contributed by atoms with Gasteiger partial charge in [0.2, 0.25) is 35.4 Å². The van der Waals surface area contributed by atoms with Crippen molar-refractivity contribution in [3.8, 4) is 0 Å². The van der Waals surface area contributed by atoms with Crippen LogP contribution in [0.1, 0.15) is 78.6 Å². The van der Waals surface area contributed by atoms with Gasteiger partial charge in [0.1, 0.15) is 36.3 Å². The van der Waals surface area contributed by atoms with Crippen LogP contribution in [-0.2, 0) is 33.6 Å². The maximum absolute atomic E-state index is 13.8. The molecule has 324 valence electrons. The second kappa shape index (κ2) is 25.8. The summed E-state index contributed by atoms with van der Waals surface area (Å²) in [5.74, 6) is -6.52. The van der Waals surface area contributed by atoms with Gasteiger partial charge in [-0.2, -0.15) is 0 Å². The smallest absolute Gasteiger partial charge is 0.326 e. The number of carboxylic acids is 1. The number of hydrogen-bond acceptors (Lipinski definition) is 12. The number of nitrogens with zero attached hydrogens (tertiary/aromatic N) is 3. The summed E-state index contributed by atoms with van der Waals surface area (Å²) in [6.07, 6.45) is 2.25. The van der Waals surface area contributed by atoms with Gasteiger partial charge in [-0.1, -0.05) is 13.8 Å². The second-order valence-electron chi connectivity index (χ2n) is 14.2. The van der Waals surface area contributed by atoms with Crippen LogP contribution >= 0.6 is 0 Å². The Kier molecular flexibility index (Phi) is 22.5. The predicted molar refractivity (Wildman–Crippen MR) is 210 cm³/mol. The number of aliphatic imine (C=N–C) groups is 2. The van der Waals surface area contributed by atoms with Crippen molar-refractivity contribution in [3.05, 3.63) is 0 Å². The molecule has 1 fully saturated rings. The number of amides is 6. The van der Waals surface area contributed by atoms with E-state index in [4.69, 9.17) is 34.4 Å². The molecule has 0 aromatic carbocycles. The van der Waals surface area contributed by atoms with E-state index in [9.17, 15) is 43.8 Å². The van der Waals surface area contributed by atoms with E-state index in [2.05, 4.69) is 36.6 Å². The van der Waals surface area contributed by atoms with Gasteiger partial charge >= 0.3 is 5.97 Å². The van der Waals surface area contributed by atoms with Gasteiger partial charge in [0.15, 0.2) is 11.9 Å². The highest BCUT2D eigenvalue weighted by atomic mass is 16.4. The number of hydrogen-bond donors (Lipinski definition) is 13. The van der Waals surface area contributed by atoms with Crippen molar-refractivity contribution in [1.82, 2.24) is 31.5 Å². The van der Waals surface area contributed by atoms with Crippen molar-refractivity contribution < 1.29 is 43.8 Å². The minimum Gasteiger partial charge on any atom is -0.480 e. The standard InChI is InChI=1S/C34H64N14O9/c1-18(2)25(30(54)45-22(32(56)57)9-4-5-13-35)47-28(52)21(11-7-15-42-34(39)40)44-29(53)24-12-8-16-48(24)31(55)23(17-49)46-27(51)20(43-26(50)19(3)36)10-6-14-41-33(37)38/h18-25,49H,4-17,35-36H2,1-3H3,(H,43,50)(H,44,53)(H,45,54)(H,46,51)(H,47,52)(H,56,57)(H4,37,38,41)(H4,39,40,42)/t19-,20-,21-,22-,23-,24-,25-/m0/s1. The zero-order chi connectivity index (χ0) is 43.2. The number of rotatable bonds is 26. The molecule has 23 heteroatoms. The van der Waals surface area contributed by atoms with E-state index in [0.29, 0.717) is 25.8 Å². The van der Waals surface area contributed by atoms with E-state index in [1.54, 1.807) is 13.8 Å². The maximum atomic E-state index is 13.8. The lowest BCUT2D eigenvalue weighted by molar-refractivity contribution is -0.143. The molecule has 1 saturated heterocycles. The van der Waals surface area contributed by atoms with Crippen molar-refractivity contribution in [2.75, 3.05) is 32.8 Å². The third-order valence-electron chi connectivity index (χ3n) is 9.01. The van der Waals surface area contributed by atoms with Crippen molar-refractivity contribution >= 4 is 53.3 Å². The number of likely N-dealkylation sites (tertiary alicyclic amines) is 1. The van der Waals surface area contributed by atoms with Gasteiger partial charge in [-0.15, -0.1) is 0 Å². The third-order valence-corrected chi connectivity index (χ3v) is 9.01. The Bertz CT molecular complexity index is 1420. The molecule has 0 saturated carbocycles. The monoisotopic (exact) mass is 812 g/mol. The van der Waals surface area contributed by atoms with Crippen LogP contribution in [0.2, 0.25) is 0 Å². The number of aliphatic hydroxyl groups excluding tert-OH is 1. The van der Waals surface area contributed by atoms with Gasteiger partial charge in [-0.3, -0.25) is 38.8 Å². The number of carbonyl (C=O) groups excluding carboxylic acids is 6. The fraction of sp³-hybridized carbons (Fsp3) is 0.735. The summed E-state index contributed by atoms with van der Waals surface area (Å²) in [6, 6.07) is -8.39. The van der Waals surface area contributed by atoms with Crippen LogP contribution in [0.3, 0.4) is 0 Å². The zero-order valence-electron chi connectivity index (χ0n) is 33.1. The Morgan fingerprint density at radius 1 is 0.702 bits per heavy atom. The largest absolute Gasteiger partial charge is 0.480 e. The van der Waals surface area contributed by atoms with E-state index in [-0.39, 0.29) is 70.1 Å². The highest BCUT2D eigenvalue weighted by molar-refractivity contribution is 5.97. The van der Waals surface area contributed by atoms with Gasteiger partial charge in [0.25, 0.3) is 0 Å². The normalized spacial score (nSPS) is 16.8. The molecule has 57 heavy (non-hydrogen) atoms. The van der Waals surface area contributed by atoms with Crippen LogP contribution in [-0.4, -0.2) is 144 Å². The highest BCUT2D eigenvalue weighted by Gasteiger charge is 2.40. The van der Waals surface area contributed by atoms with E-state index < -0.39 is 96.2 Å². The summed E-state index contributed by atoms with van der Waals surface area (Å²) in [4.78, 5) is 101. The minimum atomic E-state index is -1.51. The summed E-state index contributed by atoms with van der Waals surface area (Å²) < 4.78 is 0. The SMILES string of the molecule is CC(C)[C@H](NC(=O)[C@H](CCCN=C(N)N)NC(=O)[C@@H]1CCCN1C(=O)[C@H](CO)NC(=O)[C@H](CCCN=C(N)N)NC(=O)[C@H](C)N)C(=O)N[C@@H](CCCCN)C(=O)O. The fourth-order valence-corrected chi connectivity index (χ4v) is 5.88. The number of carbonyl (C=O) groups is 7. The molecule has 0 aromatic rings. The summed E-state index contributed by atoms with van der Waals surface area (Å²) in [5.41, 5.74) is 32.7. The van der Waals surface area contributed by atoms with E-state index in [1.807, 2.05) is 0 Å². The van der Waals surface area contributed by atoms with Crippen LogP contribution in [0.25, 0.3) is 0 Å². The average Bonchev–Trinajstić information content (AvgIpc) is 3.64. The predicted octanol–water partition coefficient (Wildman–Crippen LogP) is -5.28. The summed E-state index contributed by atoms with van der Waals surface area (Å²) in [6.45, 7) is 4.57. The molecule has 0 aromatic heterocycles. The molecule has 0 spiro atoms. The molecule has 1 aliphatic heterocycles. The Morgan fingerprint density at radius 2 is 1.21 bits per heavy atom. The third kappa shape index (κ3) is 18.0.